The fourth-order valence-corrected chi connectivity index (χ4v) is 517. The van der Waals surface area contributed by atoms with Gasteiger partial charge < -0.3 is 0 Å². The maximum Gasteiger partial charge on any atom is 0.0308 e. The highest BCUT2D eigenvalue weighted by Crippen LogP contribution is 2.70. The van der Waals surface area contributed by atoms with Crippen molar-refractivity contribution in [3.05, 3.63) is 0 Å². The zero-order valence-corrected chi connectivity index (χ0v) is 37.1. The zero-order chi connectivity index (χ0) is 29.1. The molecule has 0 atom stereocenters. The van der Waals surface area contributed by atoms with E-state index in [1.165, 1.54) is 0 Å². The second-order valence-corrected chi connectivity index (χ2v) is 115. The molecule has 1 heterocycles. The van der Waals surface area contributed by atoms with Crippen LogP contribution in [-0.4, -0.2) is 56.9 Å². The minimum Gasteiger partial charge on any atom is -0.0721 e. The Morgan fingerprint density at radius 2 is 0.472 bits per heavy atom. The third-order valence-electron chi connectivity index (χ3n) is 10.4. The molecule has 0 aromatic rings. The Morgan fingerprint density at radius 3 is 0.556 bits per heavy atom. The molecule has 1 aliphatic rings. The maximum atomic E-state index is 3.00. The molecule has 0 aliphatic carbocycles. The highest BCUT2D eigenvalue weighted by molar-refractivity contribution is 8.43. The Labute approximate surface area is 237 Å². The van der Waals surface area contributed by atoms with Crippen molar-refractivity contribution in [3.63, 3.8) is 0 Å². The summed E-state index contributed by atoms with van der Waals surface area (Å²) in [7, 11) is -8.27. The summed E-state index contributed by atoms with van der Waals surface area (Å²) >= 11 is 0. The summed E-state index contributed by atoms with van der Waals surface area (Å²) in [5.74, 6) is 3.67. The van der Waals surface area contributed by atoms with Crippen LogP contribution in [0.25, 0.3) is 0 Å². The van der Waals surface area contributed by atoms with Crippen molar-refractivity contribution in [2.24, 2.45) is 23.7 Å². The largest absolute Gasteiger partial charge is 0.0721 e. The SMILES string of the molecule is CC(C)C[Si]1(CC(C)C)[Si]([Si](C)(C)C)([Si](C)(C)C)[Si](CC(C)C)(CC(C)C)[Si]1([Si](C)(C)C)[Si](C)(C)C. The smallest absolute Gasteiger partial charge is 0.0308 e. The van der Waals surface area contributed by atoms with Gasteiger partial charge in [0, 0.05) is 56.9 Å². The highest BCUT2D eigenvalue weighted by Gasteiger charge is 2.96. The van der Waals surface area contributed by atoms with E-state index in [1.807, 2.05) is 0 Å². The second-order valence-electron chi connectivity index (χ2n) is 19.1. The fraction of sp³-hybridized carbons (Fsp3) is 1.00. The lowest BCUT2D eigenvalue weighted by Gasteiger charge is -2.92. The van der Waals surface area contributed by atoms with E-state index in [2.05, 4.69) is 134 Å². The Morgan fingerprint density at radius 1 is 0.333 bits per heavy atom. The van der Waals surface area contributed by atoms with Gasteiger partial charge in [0.2, 0.25) is 0 Å². The highest BCUT2D eigenvalue weighted by atomic mass is 30.6. The lowest BCUT2D eigenvalue weighted by atomic mass is 10.3. The maximum absolute atomic E-state index is 3.00. The monoisotopic (exact) mass is 632 g/mol. The summed E-state index contributed by atoms with van der Waals surface area (Å²) < 4.78 is 0. The van der Waals surface area contributed by atoms with Crippen molar-refractivity contribution in [2.75, 3.05) is 0 Å². The minimum absolute atomic E-state index is 0.916. The quantitative estimate of drug-likeness (QED) is 0.188. The topological polar surface area (TPSA) is 0 Å². The molecular formula is C28H72Si8. The normalized spacial score (nSPS) is 22.0. The second kappa shape index (κ2) is 10.9. The van der Waals surface area contributed by atoms with Crippen LogP contribution in [-0.2, 0) is 0 Å². The first-order valence-electron chi connectivity index (χ1n) is 15.7. The van der Waals surface area contributed by atoms with Crippen molar-refractivity contribution < 1.29 is 0 Å². The summed E-state index contributed by atoms with van der Waals surface area (Å²) in [6.07, 6.45) is -2.85. The molecule has 0 saturated carbocycles. The average molecular weight is 634 g/mol. The molecule has 1 saturated heterocycles. The van der Waals surface area contributed by atoms with Crippen molar-refractivity contribution in [2.45, 2.75) is 158 Å². The lowest BCUT2D eigenvalue weighted by molar-refractivity contribution is 0.684. The molecule has 0 N–H and O–H groups in total. The Bertz CT molecular complexity index is 613. The third-order valence-corrected chi connectivity index (χ3v) is 254. The number of hydrogen-bond donors (Lipinski definition) is 0. The van der Waals surface area contributed by atoms with Crippen molar-refractivity contribution >= 4 is 56.9 Å². The van der Waals surface area contributed by atoms with Crippen LogP contribution in [0.15, 0.2) is 0 Å². The molecule has 0 aromatic carbocycles. The molecule has 216 valence electrons. The Kier molecular flexibility index (Phi) is 10.8. The van der Waals surface area contributed by atoms with E-state index in [1.54, 1.807) is 24.2 Å². The van der Waals surface area contributed by atoms with Gasteiger partial charge in [-0.25, -0.2) is 0 Å². The van der Waals surface area contributed by atoms with Crippen LogP contribution in [0, 0.1) is 23.7 Å². The molecule has 0 bridgehead atoms. The van der Waals surface area contributed by atoms with E-state index in [-0.39, 0.29) is 0 Å². The van der Waals surface area contributed by atoms with Crippen LogP contribution in [0.1, 0.15) is 55.4 Å². The first-order chi connectivity index (χ1) is 15.7. The summed E-state index contributed by atoms with van der Waals surface area (Å²) in [4.78, 5) is 0. The average Bonchev–Trinajstić information content (AvgIpc) is 2.45. The van der Waals surface area contributed by atoms with Crippen molar-refractivity contribution in [1.29, 1.82) is 0 Å². The van der Waals surface area contributed by atoms with Gasteiger partial charge in [0.05, 0.1) is 0 Å². The fourth-order valence-electron chi connectivity index (χ4n) is 13.6. The van der Waals surface area contributed by atoms with E-state index in [0.29, 0.717) is 0 Å². The van der Waals surface area contributed by atoms with E-state index >= 15 is 0 Å². The van der Waals surface area contributed by atoms with E-state index in [4.69, 9.17) is 0 Å². The first kappa shape index (κ1) is 35.8. The standard InChI is InChI=1S/C28H72Si8/c1-25(2)21-33(22-26(3)4)35(29(9,10)11,30(12,13)14)34(23-27(5)6,24-28(7)8)36(33,31(15,16)17)32(18,19)20/h25-28H,21-24H2,1-20H3. The third kappa shape index (κ3) is 4.91. The molecular weight excluding hydrogens is 561 g/mol. The van der Waals surface area contributed by atoms with E-state index in [0.717, 1.165) is 23.7 Å². The molecule has 0 unspecified atom stereocenters. The van der Waals surface area contributed by atoms with E-state index in [9.17, 15) is 0 Å². The Hall–Kier alpha value is 1.74. The van der Waals surface area contributed by atoms with Gasteiger partial charge in [0.15, 0.2) is 0 Å². The summed E-state index contributed by atoms with van der Waals surface area (Å²) in [5.41, 5.74) is 0. The molecule has 36 heavy (non-hydrogen) atoms. The summed E-state index contributed by atoms with van der Waals surface area (Å²) in [6, 6.07) is 7.05. The van der Waals surface area contributed by atoms with Crippen molar-refractivity contribution in [3.8, 4) is 0 Å². The predicted octanol–water partition coefficient (Wildman–Crippen LogP) is 10.4. The van der Waals surface area contributed by atoms with Gasteiger partial charge in [0.1, 0.15) is 0 Å². The van der Waals surface area contributed by atoms with Crippen LogP contribution in [0.4, 0.5) is 0 Å². The van der Waals surface area contributed by atoms with Crippen LogP contribution in [0.2, 0.25) is 103 Å². The molecule has 0 aromatic heterocycles. The summed E-state index contributed by atoms with van der Waals surface area (Å²) in [6.45, 7) is 57.3. The molecule has 0 radical (unpaired) electrons. The first-order valence-corrected chi connectivity index (χ1v) is 46.5. The van der Waals surface area contributed by atoms with Crippen LogP contribution < -0.4 is 0 Å². The summed E-state index contributed by atoms with van der Waals surface area (Å²) in [5, 5.41) is 0. The van der Waals surface area contributed by atoms with Gasteiger partial charge in [-0.2, -0.15) is 0 Å². The van der Waals surface area contributed by atoms with Gasteiger partial charge >= 0.3 is 0 Å². The van der Waals surface area contributed by atoms with Gasteiger partial charge in [-0.05, 0) is 23.7 Å². The van der Waals surface area contributed by atoms with Gasteiger partial charge in [0.25, 0.3) is 0 Å². The van der Waals surface area contributed by atoms with Gasteiger partial charge in [-0.3, -0.25) is 0 Å². The lowest BCUT2D eigenvalue weighted by Crippen LogP contribution is -3.22. The van der Waals surface area contributed by atoms with Gasteiger partial charge in [-0.15, -0.1) is 0 Å². The molecule has 0 amide bonds. The molecule has 0 nitrogen and oxygen atoms in total. The molecule has 1 rings (SSSR count). The predicted molar refractivity (Wildman–Crippen MR) is 195 cm³/mol. The number of hydrogen-bond acceptors (Lipinski definition) is 0. The Balaban J connectivity index is 4.83. The molecule has 1 fully saturated rings. The minimum atomic E-state index is -1.45. The molecule has 8 heteroatoms. The van der Waals surface area contributed by atoms with Crippen LogP contribution >= 0.6 is 0 Å². The van der Waals surface area contributed by atoms with E-state index < -0.39 is 56.9 Å². The van der Waals surface area contributed by atoms with Crippen LogP contribution in [0.5, 0.6) is 0 Å². The van der Waals surface area contributed by atoms with Crippen molar-refractivity contribution in [1.82, 2.24) is 0 Å². The molecule has 0 spiro atoms. The van der Waals surface area contributed by atoms with Gasteiger partial charge in [-0.1, -0.05) is 158 Å². The number of rotatable bonds is 12. The van der Waals surface area contributed by atoms with Crippen LogP contribution in [0.3, 0.4) is 0 Å². The zero-order valence-electron chi connectivity index (χ0n) is 29.1. The molecule has 1 aliphatic heterocycles.